The van der Waals surface area contributed by atoms with Gasteiger partial charge in [-0.2, -0.15) is 8.42 Å². The van der Waals surface area contributed by atoms with Gasteiger partial charge < -0.3 is 39.0 Å². The zero-order valence-electron chi connectivity index (χ0n) is 31.9. The second-order valence-corrected chi connectivity index (χ2v) is 16.4. The third kappa shape index (κ3) is 6.64. The van der Waals surface area contributed by atoms with Crippen molar-refractivity contribution in [3.05, 3.63) is 95.1 Å². The molecule has 4 aliphatic rings. The van der Waals surface area contributed by atoms with E-state index in [4.69, 9.17) is 18.9 Å². The minimum atomic E-state index is -4.61. The lowest BCUT2D eigenvalue weighted by molar-refractivity contribution is 0.0974. The van der Waals surface area contributed by atoms with Crippen LogP contribution in [0.5, 0.6) is 23.0 Å². The Morgan fingerprint density at radius 2 is 1.30 bits per heavy atom. The van der Waals surface area contributed by atoms with E-state index in [-0.39, 0.29) is 35.7 Å². The molecule has 0 saturated carbocycles. The van der Waals surface area contributed by atoms with Gasteiger partial charge in [-0.25, -0.2) is 0 Å². The van der Waals surface area contributed by atoms with E-state index in [1.165, 1.54) is 17.6 Å². The highest BCUT2D eigenvalue weighted by molar-refractivity contribution is 7.86. The van der Waals surface area contributed by atoms with Crippen molar-refractivity contribution in [1.29, 1.82) is 0 Å². The van der Waals surface area contributed by atoms with E-state index in [9.17, 15) is 22.6 Å². The summed E-state index contributed by atoms with van der Waals surface area (Å²) in [6.45, 7) is 5.70. The van der Waals surface area contributed by atoms with Gasteiger partial charge in [0.2, 0.25) is 0 Å². The summed E-state index contributed by atoms with van der Waals surface area (Å²) in [5.74, 6) is 1.29. The van der Waals surface area contributed by atoms with E-state index in [1.54, 1.807) is 37.4 Å². The van der Waals surface area contributed by atoms with Crippen LogP contribution in [0.4, 0.5) is 22.7 Å². The highest BCUT2D eigenvalue weighted by Crippen LogP contribution is 2.45. The van der Waals surface area contributed by atoms with E-state index in [0.717, 1.165) is 36.2 Å². The van der Waals surface area contributed by atoms with Crippen molar-refractivity contribution >= 4 is 44.7 Å². The van der Waals surface area contributed by atoms with Gasteiger partial charge in [-0.1, -0.05) is 36.4 Å². The lowest BCUT2D eigenvalue weighted by Gasteiger charge is -2.31. The molecule has 294 valence electrons. The SMILES string of the molecule is COc1cc2c(cc1OCCCCCOc1cc3c(cc1OC)C(=O)N1c4ccccc4C[C@H]1CN3C(C)C)NC(S(=O)(=O)O)[C@@H]1Cc3ccccc3N1C2=O. The molecular weight excluding hydrogens is 737 g/mol. The third-order valence-electron chi connectivity index (χ3n) is 11.2. The van der Waals surface area contributed by atoms with E-state index >= 15 is 0 Å². The first kappa shape index (κ1) is 37.5. The van der Waals surface area contributed by atoms with Crippen molar-refractivity contribution in [2.45, 2.75) is 69.5 Å². The minimum absolute atomic E-state index is 0.0290. The number of carbonyl (C=O) groups is 2. The van der Waals surface area contributed by atoms with Crippen LogP contribution < -0.4 is 39.0 Å². The van der Waals surface area contributed by atoms with Crippen molar-refractivity contribution in [2.75, 3.05) is 54.0 Å². The third-order valence-corrected chi connectivity index (χ3v) is 12.3. The van der Waals surface area contributed by atoms with Gasteiger partial charge in [0, 0.05) is 36.1 Å². The van der Waals surface area contributed by atoms with Crippen LogP contribution in [0.1, 0.15) is 65.0 Å². The molecule has 0 fully saturated rings. The van der Waals surface area contributed by atoms with Crippen LogP contribution in [-0.2, 0) is 23.0 Å². The zero-order valence-corrected chi connectivity index (χ0v) is 32.7. The van der Waals surface area contributed by atoms with Crippen molar-refractivity contribution < 1.29 is 41.5 Å². The van der Waals surface area contributed by atoms with E-state index in [0.29, 0.717) is 60.4 Å². The highest BCUT2D eigenvalue weighted by Gasteiger charge is 2.47. The van der Waals surface area contributed by atoms with Gasteiger partial charge >= 0.3 is 0 Å². The molecule has 0 saturated heterocycles. The number of hydrogen-bond acceptors (Lipinski definition) is 10. The number of methoxy groups -OCH3 is 2. The summed E-state index contributed by atoms with van der Waals surface area (Å²) in [6.07, 6.45) is 3.23. The molecule has 0 aliphatic carbocycles. The number of ether oxygens (including phenoxy) is 4. The maximum absolute atomic E-state index is 14.1. The summed E-state index contributed by atoms with van der Waals surface area (Å²) < 4.78 is 59.3. The van der Waals surface area contributed by atoms with Gasteiger partial charge in [0.15, 0.2) is 28.4 Å². The second kappa shape index (κ2) is 14.9. The molecule has 0 spiro atoms. The maximum atomic E-state index is 14.1. The van der Waals surface area contributed by atoms with Crippen LogP contribution in [0, 0.1) is 0 Å². The van der Waals surface area contributed by atoms with E-state index in [1.807, 2.05) is 41.3 Å². The number of carbonyl (C=O) groups excluding carboxylic acids is 2. The number of benzene rings is 4. The number of nitrogens with zero attached hydrogens (tertiary/aromatic N) is 3. The van der Waals surface area contributed by atoms with Gasteiger partial charge in [-0.15, -0.1) is 0 Å². The van der Waals surface area contributed by atoms with Crippen molar-refractivity contribution in [3.63, 3.8) is 0 Å². The molecule has 4 aromatic carbocycles. The van der Waals surface area contributed by atoms with Crippen LogP contribution >= 0.6 is 0 Å². The van der Waals surface area contributed by atoms with Crippen LogP contribution in [0.2, 0.25) is 0 Å². The van der Waals surface area contributed by atoms with Crippen LogP contribution in [0.25, 0.3) is 0 Å². The van der Waals surface area contributed by atoms with Crippen molar-refractivity contribution in [3.8, 4) is 23.0 Å². The Hall–Kier alpha value is -5.47. The number of nitrogens with one attached hydrogen (secondary N) is 1. The Kier molecular flexibility index (Phi) is 9.95. The summed E-state index contributed by atoms with van der Waals surface area (Å²) >= 11 is 0. The van der Waals surface area contributed by atoms with E-state index in [2.05, 4.69) is 30.1 Å². The number of para-hydroxylation sites is 2. The highest BCUT2D eigenvalue weighted by atomic mass is 32.2. The fourth-order valence-corrected chi connectivity index (χ4v) is 9.39. The predicted octanol–water partition coefficient (Wildman–Crippen LogP) is 6.34. The first-order valence-corrected chi connectivity index (χ1v) is 20.5. The summed E-state index contributed by atoms with van der Waals surface area (Å²) in [6, 6.07) is 21.5. The first-order valence-electron chi connectivity index (χ1n) is 19.0. The molecule has 13 nitrogen and oxygen atoms in total. The lowest BCUT2D eigenvalue weighted by atomic mass is 10.1. The average Bonchev–Trinajstić information content (AvgIpc) is 3.68. The monoisotopic (exact) mass is 782 g/mol. The summed E-state index contributed by atoms with van der Waals surface area (Å²) in [4.78, 5) is 33.7. The second-order valence-electron chi connectivity index (χ2n) is 14.9. The molecule has 56 heavy (non-hydrogen) atoms. The Morgan fingerprint density at radius 1 is 0.732 bits per heavy atom. The molecule has 14 heteroatoms. The smallest absolute Gasteiger partial charge is 0.288 e. The molecule has 2 amide bonds. The van der Waals surface area contributed by atoms with Gasteiger partial charge in [0.1, 0.15) is 0 Å². The Labute approximate surface area is 326 Å². The molecule has 4 aliphatic heterocycles. The Morgan fingerprint density at radius 3 is 1.93 bits per heavy atom. The molecule has 2 N–H and O–H groups in total. The predicted molar refractivity (Wildman–Crippen MR) is 214 cm³/mol. The molecule has 4 heterocycles. The first-order chi connectivity index (χ1) is 27.0. The largest absolute Gasteiger partial charge is 0.493 e. The summed E-state index contributed by atoms with van der Waals surface area (Å²) in [5.41, 5.74) is 5.43. The molecule has 0 aromatic heterocycles. The van der Waals surface area contributed by atoms with Gasteiger partial charge in [-0.3, -0.25) is 14.1 Å². The number of rotatable bonds is 12. The lowest BCUT2D eigenvalue weighted by Crippen LogP contribution is -2.49. The summed E-state index contributed by atoms with van der Waals surface area (Å²) in [5, 5.41) is 1.48. The Bertz CT molecular complexity index is 2300. The van der Waals surface area contributed by atoms with Gasteiger partial charge in [-0.05, 0) is 81.3 Å². The van der Waals surface area contributed by atoms with E-state index < -0.39 is 27.4 Å². The summed E-state index contributed by atoms with van der Waals surface area (Å²) in [7, 11) is -1.56. The molecular formula is C42H46N4O9S. The minimum Gasteiger partial charge on any atom is -0.493 e. The maximum Gasteiger partial charge on any atom is 0.288 e. The number of fused-ring (bicyclic) bond motifs is 8. The molecule has 4 aromatic rings. The van der Waals surface area contributed by atoms with Crippen molar-refractivity contribution in [2.24, 2.45) is 0 Å². The molecule has 8 rings (SSSR count). The van der Waals surface area contributed by atoms with Gasteiger partial charge in [0.05, 0.1) is 62.0 Å². The van der Waals surface area contributed by atoms with Crippen LogP contribution in [0.3, 0.4) is 0 Å². The number of amides is 2. The molecule has 3 atom stereocenters. The fourth-order valence-electron chi connectivity index (χ4n) is 8.50. The molecule has 0 bridgehead atoms. The zero-order chi connectivity index (χ0) is 39.3. The fraction of sp³-hybridized carbons (Fsp3) is 0.381. The van der Waals surface area contributed by atoms with Crippen LogP contribution in [0.15, 0.2) is 72.8 Å². The number of hydrogen-bond donors (Lipinski definition) is 2. The number of anilines is 4. The quantitative estimate of drug-likeness (QED) is 0.123. The standard InChI is InChI=1S/C42H46N4O9S/c1-25(2)44-24-28-18-26-12-6-8-14-32(26)45(28)42(48)30-21-37(53-4)39(23-34(30)44)55-17-11-5-10-16-54-38-22-31-29(20-36(38)52-3)41(47)46-33-15-9-7-13-27(33)19-35(46)40(43-31)56(49,50)51/h6-9,12-15,20-23,25,28,35,40,43H,5,10-11,16-19,24H2,1-4H3,(H,49,50,51)/t28-,35-,40?/m0/s1. The number of unbranched alkanes of at least 4 members (excludes halogenated alkanes) is 2. The molecule has 1 unspecified atom stereocenters. The normalized spacial score (nSPS) is 19.5. The molecule has 0 radical (unpaired) electrons. The van der Waals surface area contributed by atoms with Crippen molar-refractivity contribution in [1.82, 2.24) is 0 Å². The average molecular weight is 783 g/mol. The Balaban J connectivity index is 0.922. The van der Waals surface area contributed by atoms with Crippen LogP contribution in [-0.4, -0.2) is 82.3 Å². The topological polar surface area (TPSA) is 147 Å². The van der Waals surface area contributed by atoms with Gasteiger partial charge in [0.25, 0.3) is 21.9 Å².